The van der Waals surface area contributed by atoms with Crippen molar-refractivity contribution in [2.75, 3.05) is 20.2 Å². The molecule has 0 radical (unpaired) electrons. The Hall–Kier alpha value is -2.70. The Kier molecular flexibility index (Phi) is 7.38. The van der Waals surface area contributed by atoms with Crippen molar-refractivity contribution in [3.63, 3.8) is 0 Å². The minimum absolute atomic E-state index is 0.00942. The maximum Gasteiger partial charge on any atom is 0.248 e. The second-order valence-electron chi connectivity index (χ2n) is 6.79. The third-order valence-corrected chi connectivity index (χ3v) is 4.93. The van der Waals surface area contributed by atoms with Crippen molar-refractivity contribution >= 4 is 17.5 Å². The molecule has 0 spiro atoms. The van der Waals surface area contributed by atoms with Crippen molar-refractivity contribution < 1.29 is 13.9 Å². The number of halogens is 2. The highest BCUT2D eigenvalue weighted by molar-refractivity contribution is 6.31. The molecule has 1 N–H and O–H groups in total. The summed E-state index contributed by atoms with van der Waals surface area (Å²) in [6, 6.07) is 15.6. The summed E-state index contributed by atoms with van der Waals surface area (Å²) in [6.45, 7) is 0.911. The normalized spacial score (nSPS) is 10.9. The van der Waals surface area contributed by atoms with Gasteiger partial charge in [-0.1, -0.05) is 41.9 Å². The zero-order valence-corrected chi connectivity index (χ0v) is 17.0. The lowest BCUT2D eigenvalue weighted by Gasteiger charge is -2.17. The lowest BCUT2D eigenvalue weighted by atomic mass is 10.1. The number of amides is 1. The van der Waals surface area contributed by atoms with Gasteiger partial charge < -0.3 is 9.64 Å². The number of aromatic nitrogens is 2. The first kappa shape index (κ1) is 21.0. The van der Waals surface area contributed by atoms with Gasteiger partial charge in [-0.3, -0.25) is 9.89 Å². The summed E-state index contributed by atoms with van der Waals surface area (Å²) in [7, 11) is 1.76. The molecule has 0 fully saturated rings. The van der Waals surface area contributed by atoms with Gasteiger partial charge in [0.05, 0.1) is 12.3 Å². The number of aryl methyl sites for hydroxylation is 1. The van der Waals surface area contributed by atoms with E-state index in [0.29, 0.717) is 23.9 Å². The molecule has 0 bridgehead atoms. The summed E-state index contributed by atoms with van der Waals surface area (Å²) in [5, 5.41) is 7.84. The molecule has 0 saturated carbocycles. The third kappa shape index (κ3) is 6.14. The van der Waals surface area contributed by atoms with E-state index >= 15 is 0 Å². The monoisotopic (exact) mass is 415 g/mol. The number of ether oxygens (including phenoxy) is 1. The Morgan fingerprint density at radius 1 is 1.21 bits per heavy atom. The Morgan fingerprint density at radius 3 is 2.83 bits per heavy atom. The number of hydrogen-bond donors (Lipinski definition) is 1. The first-order valence-electron chi connectivity index (χ1n) is 9.38. The Morgan fingerprint density at radius 2 is 2.03 bits per heavy atom. The second kappa shape index (κ2) is 10.2. The molecule has 152 valence electrons. The number of H-pyrrole nitrogens is 1. The molecule has 3 aromatic rings. The summed E-state index contributed by atoms with van der Waals surface area (Å²) in [5.74, 6) is -0.369. The fraction of sp³-hybridized carbons (Fsp3) is 0.273. The van der Waals surface area contributed by atoms with Crippen molar-refractivity contribution in [3.05, 3.63) is 76.7 Å². The maximum absolute atomic E-state index is 13.3. The van der Waals surface area contributed by atoms with Crippen LogP contribution in [-0.2, 0) is 22.6 Å². The van der Waals surface area contributed by atoms with Gasteiger partial charge in [-0.2, -0.15) is 5.10 Å². The number of carbonyl (C=O) groups excluding carboxylic acids is 1. The quantitative estimate of drug-likeness (QED) is 0.560. The topological polar surface area (TPSA) is 58.2 Å². The van der Waals surface area contributed by atoms with E-state index in [-0.39, 0.29) is 18.3 Å². The molecule has 0 aliphatic rings. The molecule has 5 nitrogen and oxygen atoms in total. The van der Waals surface area contributed by atoms with Gasteiger partial charge in [-0.25, -0.2) is 4.39 Å². The fourth-order valence-electron chi connectivity index (χ4n) is 2.89. The summed E-state index contributed by atoms with van der Waals surface area (Å²) >= 11 is 6.08. The van der Waals surface area contributed by atoms with E-state index in [9.17, 15) is 9.18 Å². The molecule has 2 aromatic carbocycles. The van der Waals surface area contributed by atoms with Crippen LogP contribution >= 0.6 is 11.6 Å². The van der Waals surface area contributed by atoms with Crippen LogP contribution in [0.3, 0.4) is 0 Å². The average molecular weight is 416 g/mol. The van der Waals surface area contributed by atoms with Gasteiger partial charge in [0.25, 0.3) is 0 Å². The minimum atomic E-state index is -0.288. The molecule has 1 aromatic heterocycles. The van der Waals surface area contributed by atoms with Crippen molar-refractivity contribution in [1.29, 1.82) is 0 Å². The van der Waals surface area contributed by atoms with Gasteiger partial charge in [0, 0.05) is 29.9 Å². The Bertz CT molecular complexity index is 960. The second-order valence-corrected chi connectivity index (χ2v) is 7.20. The predicted molar refractivity (Wildman–Crippen MR) is 111 cm³/mol. The third-order valence-electron chi connectivity index (χ3n) is 4.56. The molecule has 7 heteroatoms. The first-order valence-corrected chi connectivity index (χ1v) is 9.76. The highest BCUT2D eigenvalue weighted by Crippen LogP contribution is 2.19. The summed E-state index contributed by atoms with van der Waals surface area (Å²) in [6.07, 6.45) is 1.51. The van der Waals surface area contributed by atoms with Gasteiger partial charge in [0.15, 0.2) is 0 Å². The minimum Gasteiger partial charge on any atom is -0.367 e. The number of rotatable bonds is 9. The molecule has 0 unspecified atom stereocenters. The molecule has 1 amide bonds. The number of nitrogens with zero attached hydrogens (tertiary/aromatic N) is 2. The number of benzene rings is 2. The van der Waals surface area contributed by atoms with Gasteiger partial charge >= 0.3 is 0 Å². The summed E-state index contributed by atoms with van der Waals surface area (Å²) < 4.78 is 18.8. The molecule has 0 atom stereocenters. The van der Waals surface area contributed by atoms with Gasteiger partial charge in [0.1, 0.15) is 12.4 Å². The lowest BCUT2D eigenvalue weighted by molar-refractivity contribution is -0.135. The van der Waals surface area contributed by atoms with Crippen LogP contribution in [0.15, 0.2) is 54.6 Å². The summed E-state index contributed by atoms with van der Waals surface area (Å²) in [5.41, 5.74) is 3.24. The Balaban J connectivity index is 1.40. The lowest BCUT2D eigenvalue weighted by Crippen LogP contribution is -2.31. The maximum atomic E-state index is 13.3. The number of aromatic amines is 1. The highest BCUT2D eigenvalue weighted by Gasteiger charge is 2.10. The molecule has 29 heavy (non-hydrogen) atoms. The van der Waals surface area contributed by atoms with Gasteiger partial charge in [-0.05, 0) is 42.7 Å². The van der Waals surface area contributed by atoms with Crippen LogP contribution < -0.4 is 0 Å². The highest BCUT2D eigenvalue weighted by atomic mass is 35.5. The number of likely N-dealkylation sites (N-methyl/N-ethyl adjacent to an activating group) is 1. The van der Waals surface area contributed by atoms with Crippen LogP contribution in [0.25, 0.3) is 11.3 Å². The molecule has 3 rings (SSSR count). The molecule has 0 aliphatic heterocycles. The zero-order valence-electron chi connectivity index (χ0n) is 16.2. The fourth-order valence-corrected chi connectivity index (χ4v) is 3.08. The van der Waals surface area contributed by atoms with Crippen LogP contribution in [0.4, 0.5) is 4.39 Å². The van der Waals surface area contributed by atoms with Crippen LogP contribution in [-0.4, -0.2) is 41.2 Å². The van der Waals surface area contributed by atoms with E-state index in [1.54, 1.807) is 24.1 Å². The summed E-state index contributed by atoms with van der Waals surface area (Å²) in [4.78, 5) is 13.8. The first-order chi connectivity index (χ1) is 14.0. The predicted octanol–water partition coefficient (Wildman–Crippen LogP) is 4.48. The van der Waals surface area contributed by atoms with Gasteiger partial charge in [0.2, 0.25) is 5.91 Å². The van der Waals surface area contributed by atoms with Crippen molar-refractivity contribution in [1.82, 2.24) is 15.1 Å². The van der Waals surface area contributed by atoms with Crippen LogP contribution in [0.5, 0.6) is 0 Å². The van der Waals surface area contributed by atoms with Crippen molar-refractivity contribution in [2.45, 2.75) is 19.4 Å². The molecule has 0 saturated heterocycles. The average Bonchev–Trinajstić information content (AvgIpc) is 3.18. The molecule has 0 aliphatic carbocycles. The SMILES string of the molecule is CN(CCCc1cc(-c2cccc(F)c2)n[nH]1)C(=O)COCc1ccccc1Cl. The van der Waals surface area contributed by atoms with Crippen LogP contribution in [0.1, 0.15) is 17.7 Å². The Labute approximate surface area is 174 Å². The standard InChI is InChI=1S/C22H23ClFN3O2/c1-27(22(28)15-29-14-17-6-2-3-10-20(17)23)11-5-9-19-13-21(26-25-19)16-7-4-8-18(24)12-16/h2-4,6-8,10,12-13H,5,9,11,14-15H2,1H3,(H,25,26). The van der Waals surface area contributed by atoms with E-state index in [1.165, 1.54) is 12.1 Å². The smallest absolute Gasteiger partial charge is 0.248 e. The van der Waals surface area contributed by atoms with Crippen LogP contribution in [0.2, 0.25) is 5.02 Å². The zero-order chi connectivity index (χ0) is 20.6. The number of carbonyl (C=O) groups is 1. The molecular weight excluding hydrogens is 393 g/mol. The van der Waals surface area contributed by atoms with E-state index in [1.807, 2.05) is 30.3 Å². The molecule has 1 heterocycles. The van der Waals surface area contributed by atoms with E-state index in [4.69, 9.17) is 16.3 Å². The van der Waals surface area contributed by atoms with Crippen molar-refractivity contribution in [3.8, 4) is 11.3 Å². The van der Waals surface area contributed by atoms with E-state index in [2.05, 4.69) is 10.2 Å². The largest absolute Gasteiger partial charge is 0.367 e. The van der Waals surface area contributed by atoms with Gasteiger partial charge in [-0.15, -0.1) is 0 Å². The number of hydrogen-bond acceptors (Lipinski definition) is 3. The number of nitrogens with one attached hydrogen (secondary N) is 1. The van der Waals surface area contributed by atoms with Crippen molar-refractivity contribution in [2.24, 2.45) is 0 Å². The van der Waals surface area contributed by atoms with Crippen LogP contribution in [0, 0.1) is 5.82 Å². The molecular formula is C22H23ClFN3O2. The van der Waals surface area contributed by atoms with E-state index < -0.39 is 0 Å². The van der Waals surface area contributed by atoms with E-state index in [0.717, 1.165) is 29.7 Å².